The smallest absolute Gasteiger partial charge is 0.408 e. The Bertz CT molecular complexity index is 1150. The molecule has 1 amide bonds. The first kappa shape index (κ1) is 27.2. The molecule has 204 valence electrons. The number of carbonyl (C=O) groups excluding carboxylic acids is 1. The minimum Gasteiger partial charge on any atom is -0.481 e. The van der Waals surface area contributed by atoms with E-state index in [0.29, 0.717) is 5.52 Å². The Morgan fingerprint density at radius 3 is 2.43 bits per heavy atom. The lowest BCUT2D eigenvalue weighted by Crippen LogP contribution is -2.40. The number of alkyl carbamates (subject to hydrolysis) is 1. The fourth-order valence-corrected chi connectivity index (χ4v) is 5.24. The van der Waals surface area contributed by atoms with Gasteiger partial charge in [0.1, 0.15) is 16.9 Å². The third-order valence-corrected chi connectivity index (χ3v) is 7.11. The molecule has 3 atom stereocenters. The number of amides is 1. The summed E-state index contributed by atoms with van der Waals surface area (Å²) in [5.74, 6) is -4.94. The molecule has 2 heterocycles. The van der Waals surface area contributed by atoms with Gasteiger partial charge in [-0.15, -0.1) is 0 Å². The molecule has 8 nitrogen and oxygen atoms in total. The van der Waals surface area contributed by atoms with Gasteiger partial charge in [-0.25, -0.2) is 14.2 Å². The van der Waals surface area contributed by atoms with Crippen LogP contribution in [0.2, 0.25) is 0 Å². The Hall–Kier alpha value is -2.89. The van der Waals surface area contributed by atoms with Gasteiger partial charge in [0.2, 0.25) is 0 Å². The highest BCUT2D eigenvalue weighted by Gasteiger charge is 2.44. The van der Waals surface area contributed by atoms with Crippen molar-refractivity contribution < 1.29 is 41.7 Å². The number of benzene rings is 1. The zero-order chi connectivity index (χ0) is 27.1. The van der Waals surface area contributed by atoms with Gasteiger partial charge in [0.15, 0.2) is 5.82 Å². The predicted molar refractivity (Wildman–Crippen MR) is 124 cm³/mol. The number of nitrogens with one attached hydrogen (secondary N) is 2. The summed E-state index contributed by atoms with van der Waals surface area (Å²) in [6.07, 6.45) is -4.83. The summed E-state index contributed by atoms with van der Waals surface area (Å²) < 4.78 is 65.9. The first-order valence-electron chi connectivity index (χ1n) is 12.3. The lowest BCUT2D eigenvalue weighted by molar-refractivity contribution is -0.184. The number of aromatic amines is 1. The number of halogens is 4. The number of nitrogens with zero attached hydrogens (tertiary/aromatic N) is 1. The van der Waals surface area contributed by atoms with Gasteiger partial charge in [-0.2, -0.15) is 13.2 Å². The molecule has 1 saturated heterocycles. The van der Waals surface area contributed by atoms with Crippen LogP contribution < -0.4 is 5.32 Å². The second-order valence-electron chi connectivity index (χ2n) is 10.9. The van der Waals surface area contributed by atoms with E-state index in [-0.39, 0.29) is 61.7 Å². The van der Waals surface area contributed by atoms with Crippen molar-refractivity contribution in [1.82, 2.24) is 15.3 Å². The number of rotatable bonds is 5. The van der Waals surface area contributed by atoms with E-state index in [1.54, 1.807) is 26.8 Å². The molecule has 2 aromatic rings. The molecule has 12 heteroatoms. The zero-order valence-electron chi connectivity index (χ0n) is 20.8. The second kappa shape index (κ2) is 10.1. The fraction of sp³-hybridized carbons (Fsp3) is 0.640. The number of hydrogen-bond acceptors (Lipinski definition) is 5. The van der Waals surface area contributed by atoms with Crippen LogP contribution in [-0.4, -0.2) is 52.1 Å². The van der Waals surface area contributed by atoms with Crippen molar-refractivity contribution in [2.75, 3.05) is 13.2 Å². The third kappa shape index (κ3) is 6.00. The molecular weight excluding hydrogens is 498 g/mol. The molecule has 4 rings (SSSR count). The number of carbonyl (C=O) groups is 2. The molecule has 0 unspecified atom stereocenters. The number of ether oxygens (including phenoxy) is 2. The van der Waals surface area contributed by atoms with E-state index >= 15 is 4.39 Å². The van der Waals surface area contributed by atoms with Crippen LogP contribution in [0, 0.1) is 23.6 Å². The van der Waals surface area contributed by atoms with Crippen LogP contribution in [0.4, 0.5) is 22.4 Å². The van der Waals surface area contributed by atoms with Crippen LogP contribution in [0.1, 0.15) is 69.8 Å². The van der Waals surface area contributed by atoms with Gasteiger partial charge in [-0.05, 0) is 64.0 Å². The van der Waals surface area contributed by atoms with Crippen molar-refractivity contribution in [3.63, 3.8) is 0 Å². The van der Waals surface area contributed by atoms with Gasteiger partial charge in [0.25, 0.3) is 0 Å². The van der Waals surface area contributed by atoms with Gasteiger partial charge in [-0.1, -0.05) is 6.07 Å². The lowest BCUT2D eigenvalue weighted by Gasteiger charge is -2.34. The number of imidazole rings is 1. The molecule has 2 fully saturated rings. The van der Waals surface area contributed by atoms with E-state index in [4.69, 9.17) is 9.47 Å². The number of aromatic nitrogens is 2. The van der Waals surface area contributed by atoms with Gasteiger partial charge < -0.3 is 24.9 Å². The monoisotopic (exact) mass is 529 g/mol. The summed E-state index contributed by atoms with van der Waals surface area (Å²) in [6.45, 7) is 5.09. The Morgan fingerprint density at radius 1 is 1.16 bits per heavy atom. The van der Waals surface area contributed by atoms with Gasteiger partial charge >= 0.3 is 18.2 Å². The van der Waals surface area contributed by atoms with Crippen LogP contribution in [-0.2, 0) is 14.3 Å². The second-order valence-corrected chi connectivity index (χ2v) is 10.9. The molecule has 0 spiro atoms. The van der Waals surface area contributed by atoms with Gasteiger partial charge in [0.05, 0.1) is 36.6 Å². The highest BCUT2D eigenvalue weighted by molar-refractivity contribution is 5.78. The van der Waals surface area contributed by atoms with Gasteiger partial charge in [-0.3, -0.25) is 4.79 Å². The van der Waals surface area contributed by atoms with Crippen molar-refractivity contribution >= 4 is 23.1 Å². The molecule has 1 saturated carbocycles. The molecule has 1 aromatic heterocycles. The first-order chi connectivity index (χ1) is 17.2. The van der Waals surface area contributed by atoms with Crippen LogP contribution in [0.3, 0.4) is 0 Å². The minimum absolute atomic E-state index is 0.0220. The van der Waals surface area contributed by atoms with E-state index in [0.717, 1.165) is 0 Å². The van der Waals surface area contributed by atoms with E-state index in [1.807, 2.05) is 0 Å². The highest BCUT2D eigenvalue weighted by atomic mass is 19.4. The molecule has 1 aliphatic heterocycles. The zero-order valence-corrected chi connectivity index (χ0v) is 20.8. The Labute approximate surface area is 211 Å². The number of hydrogen-bond donors (Lipinski definition) is 3. The Morgan fingerprint density at radius 2 is 1.84 bits per heavy atom. The van der Waals surface area contributed by atoms with E-state index < -0.39 is 53.5 Å². The lowest BCUT2D eigenvalue weighted by atomic mass is 9.78. The summed E-state index contributed by atoms with van der Waals surface area (Å²) >= 11 is 0. The largest absolute Gasteiger partial charge is 0.481 e. The molecule has 3 N–H and O–H groups in total. The summed E-state index contributed by atoms with van der Waals surface area (Å²) in [5, 5.41) is 12.2. The standard InChI is InChI=1S/C25H31F4N3O5/c1-24(2,3)37-23(35)32-19(12-4-6-13(7-5-12)25(27,28)29)21-30-17-9-8-14(18(26)20(17)31-21)15-10-36-11-16(15)22(33)34/h8-9,12-13,15-16,19H,4-7,10-11H2,1-3H3,(H,30,31)(H,32,35)(H,33,34)/t12?,13?,15-,16+,19-/m0/s1. The van der Waals surface area contributed by atoms with Crippen molar-refractivity contribution in [2.24, 2.45) is 17.8 Å². The SMILES string of the molecule is CC(C)(C)OC(=O)N[C@H](c1nc2c(F)c([C@@H]3COC[C@H]3C(=O)O)ccc2[nH]1)C1CCC(C(F)(F)F)CC1. The maximum atomic E-state index is 15.6. The van der Waals surface area contributed by atoms with Crippen LogP contribution in [0.5, 0.6) is 0 Å². The topological polar surface area (TPSA) is 114 Å². The average Bonchev–Trinajstić information content (AvgIpc) is 3.44. The number of carboxylic acid groups (broad SMARTS) is 1. The first-order valence-corrected chi connectivity index (χ1v) is 12.3. The van der Waals surface area contributed by atoms with E-state index in [2.05, 4.69) is 15.3 Å². The van der Waals surface area contributed by atoms with E-state index in [1.165, 1.54) is 6.07 Å². The molecule has 2 aliphatic rings. The minimum atomic E-state index is -4.28. The van der Waals surface area contributed by atoms with Gasteiger partial charge in [0, 0.05) is 5.92 Å². The van der Waals surface area contributed by atoms with Crippen molar-refractivity contribution in [3.8, 4) is 0 Å². The maximum absolute atomic E-state index is 15.6. The van der Waals surface area contributed by atoms with Crippen LogP contribution in [0.15, 0.2) is 12.1 Å². The van der Waals surface area contributed by atoms with E-state index in [9.17, 15) is 27.9 Å². The molecule has 1 aliphatic carbocycles. The highest BCUT2D eigenvalue weighted by Crippen LogP contribution is 2.43. The quantitative estimate of drug-likeness (QED) is 0.444. The normalized spacial score (nSPS) is 25.7. The number of aliphatic carboxylic acids is 1. The molecule has 1 aromatic carbocycles. The molecule has 0 radical (unpaired) electrons. The predicted octanol–water partition coefficient (Wildman–Crippen LogP) is 5.45. The van der Waals surface area contributed by atoms with Crippen LogP contribution >= 0.6 is 0 Å². The summed E-state index contributed by atoms with van der Waals surface area (Å²) in [7, 11) is 0. The Kier molecular flexibility index (Phi) is 7.42. The third-order valence-electron chi connectivity index (χ3n) is 7.11. The fourth-order valence-electron chi connectivity index (χ4n) is 5.24. The molecule has 0 bridgehead atoms. The number of carboxylic acids is 1. The number of H-pyrrole nitrogens is 1. The van der Waals surface area contributed by atoms with Crippen LogP contribution in [0.25, 0.3) is 11.0 Å². The van der Waals surface area contributed by atoms with Crippen molar-refractivity contribution in [3.05, 3.63) is 29.3 Å². The molecular formula is C25H31F4N3O5. The summed E-state index contributed by atoms with van der Waals surface area (Å²) in [5.41, 5.74) is -0.357. The number of alkyl halides is 3. The molecule has 37 heavy (non-hydrogen) atoms. The number of fused-ring (bicyclic) bond motifs is 1. The van der Waals surface area contributed by atoms with Crippen molar-refractivity contribution in [2.45, 2.75) is 70.2 Å². The van der Waals surface area contributed by atoms with Crippen molar-refractivity contribution in [1.29, 1.82) is 0 Å². The summed E-state index contributed by atoms with van der Waals surface area (Å²) in [4.78, 5) is 31.6. The summed E-state index contributed by atoms with van der Waals surface area (Å²) in [6, 6.07) is 2.23. The Balaban J connectivity index is 1.65. The average molecular weight is 530 g/mol. The maximum Gasteiger partial charge on any atom is 0.408 e.